The third-order valence-corrected chi connectivity index (χ3v) is 6.50. The molecule has 1 aliphatic rings. The number of carbonyl (C=O) groups excluding carboxylic acids is 2. The van der Waals surface area contributed by atoms with Gasteiger partial charge in [-0.2, -0.15) is 0 Å². The summed E-state index contributed by atoms with van der Waals surface area (Å²) in [5.74, 6) is 0.0261. The molecule has 10 heteroatoms. The van der Waals surface area contributed by atoms with Crippen LogP contribution >= 0.6 is 0 Å². The van der Waals surface area contributed by atoms with Crippen LogP contribution in [0.3, 0.4) is 0 Å². The SMILES string of the molecule is CCNS(=O)(=O)c1ccc(NC(=O)[C@@H]2CC(=O)N(c3ccc(OC)cc3OC)C2)cc1. The number of ether oxygens (including phenoxy) is 2. The molecule has 2 amide bonds. The second-order valence-electron chi connectivity index (χ2n) is 6.96. The Labute approximate surface area is 181 Å². The Kier molecular flexibility index (Phi) is 6.81. The van der Waals surface area contributed by atoms with E-state index < -0.39 is 15.9 Å². The zero-order valence-electron chi connectivity index (χ0n) is 17.5. The molecular formula is C21H25N3O6S. The topological polar surface area (TPSA) is 114 Å². The van der Waals surface area contributed by atoms with Gasteiger partial charge in [-0.15, -0.1) is 0 Å². The first-order valence-corrected chi connectivity index (χ1v) is 11.2. The van der Waals surface area contributed by atoms with Crippen LogP contribution in [-0.2, 0) is 19.6 Å². The van der Waals surface area contributed by atoms with Crippen LogP contribution in [0.1, 0.15) is 13.3 Å². The summed E-state index contributed by atoms with van der Waals surface area (Å²) >= 11 is 0. The Morgan fingerprint density at radius 3 is 2.45 bits per heavy atom. The average molecular weight is 448 g/mol. The van der Waals surface area contributed by atoms with Gasteiger partial charge in [0.25, 0.3) is 0 Å². The minimum atomic E-state index is -3.56. The van der Waals surface area contributed by atoms with Gasteiger partial charge in [0, 0.05) is 31.3 Å². The van der Waals surface area contributed by atoms with Crippen molar-refractivity contribution in [3.05, 3.63) is 42.5 Å². The molecule has 1 atom stereocenters. The number of nitrogens with zero attached hydrogens (tertiary/aromatic N) is 1. The van der Waals surface area contributed by atoms with Crippen LogP contribution in [0.15, 0.2) is 47.4 Å². The van der Waals surface area contributed by atoms with Crippen LogP contribution in [0, 0.1) is 5.92 Å². The number of carbonyl (C=O) groups is 2. The maximum absolute atomic E-state index is 12.7. The van der Waals surface area contributed by atoms with Crippen molar-refractivity contribution in [2.45, 2.75) is 18.2 Å². The van der Waals surface area contributed by atoms with E-state index >= 15 is 0 Å². The normalized spacial score (nSPS) is 16.3. The molecule has 2 aromatic carbocycles. The number of sulfonamides is 1. The second-order valence-corrected chi connectivity index (χ2v) is 8.73. The van der Waals surface area contributed by atoms with E-state index in [1.807, 2.05) is 0 Å². The van der Waals surface area contributed by atoms with Gasteiger partial charge in [-0.05, 0) is 36.4 Å². The van der Waals surface area contributed by atoms with Crippen molar-refractivity contribution in [3.63, 3.8) is 0 Å². The van der Waals surface area contributed by atoms with Crippen molar-refractivity contribution in [1.82, 2.24) is 4.72 Å². The molecule has 9 nitrogen and oxygen atoms in total. The van der Waals surface area contributed by atoms with Crippen molar-refractivity contribution in [3.8, 4) is 11.5 Å². The largest absolute Gasteiger partial charge is 0.497 e. The van der Waals surface area contributed by atoms with Crippen LogP contribution in [0.4, 0.5) is 11.4 Å². The lowest BCUT2D eigenvalue weighted by Crippen LogP contribution is -2.28. The number of rotatable bonds is 8. The molecule has 1 fully saturated rings. The zero-order chi connectivity index (χ0) is 22.6. The van der Waals surface area contributed by atoms with Gasteiger partial charge >= 0.3 is 0 Å². The van der Waals surface area contributed by atoms with Crippen LogP contribution in [-0.4, -0.2) is 47.5 Å². The van der Waals surface area contributed by atoms with Crippen LogP contribution in [0.2, 0.25) is 0 Å². The lowest BCUT2D eigenvalue weighted by atomic mass is 10.1. The molecule has 1 aliphatic heterocycles. The second kappa shape index (κ2) is 9.36. The molecule has 2 aromatic rings. The predicted octanol–water partition coefficient (Wildman–Crippen LogP) is 1.99. The number of anilines is 2. The highest BCUT2D eigenvalue weighted by Crippen LogP contribution is 2.36. The molecule has 31 heavy (non-hydrogen) atoms. The van der Waals surface area contributed by atoms with Gasteiger partial charge in [0.05, 0.1) is 30.7 Å². The van der Waals surface area contributed by atoms with Gasteiger partial charge in [0.2, 0.25) is 21.8 Å². The van der Waals surface area contributed by atoms with Gasteiger partial charge < -0.3 is 19.7 Å². The summed E-state index contributed by atoms with van der Waals surface area (Å²) in [7, 11) is -0.520. The maximum Gasteiger partial charge on any atom is 0.240 e. The average Bonchev–Trinajstić information content (AvgIpc) is 3.15. The van der Waals surface area contributed by atoms with E-state index in [2.05, 4.69) is 10.0 Å². The first-order valence-electron chi connectivity index (χ1n) is 9.72. The summed E-state index contributed by atoms with van der Waals surface area (Å²) in [6.45, 7) is 2.19. The fourth-order valence-corrected chi connectivity index (χ4v) is 4.40. The molecule has 0 saturated carbocycles. The molecule has 0 aromatic heterocycles. The van der Waals surface area contributed by atoms with Gasteiger partial charge in [-0.25, -0.2) is 13.1 Å². The minimum Gasteiger partial charge on any atom is -0.497 e. The maximum atomic E-state index is 12.7. The molecule has 1 saturated heterocycles. The highest BCUT2D eigenvalue weighted by Gasteiger charge is 2.36. The number of amides is 2. The quantitative estimate of drug-likeness (QED) is 0.640. The van der Waals surface area contributed by atoms with Gasteiger partial charge in [0.1, 0.15) is 11.5 Å². The lowest BCUT2D eigenvalue weighted by Gasteiger charge is -2.20. The van der Waals surface area contributed by atoms with Crippen molar-refractivity contribution < 1.29 is 27.5 Å². The van der Waals surface area contributed by atoms with Crippen LogP contribution in [0.25, 0.3) is 0 Å². The van der Waals surface area contributed by atoms with Gasteiger partial charge in [-0.1, -0.05) is 6.92 Å². The number of benzene rings is 2. The molecule has 1 heterocycles. The Hall–Kier alpha value is -3.11. The first kappa shape index (κ1) is 22.6. The zero-order valence-corrected chi connectivity index (χ0v) is 18.4. The molecule has 0 unspecified atom stereocenters. The molecule has 0 bridgehead atoms. The van der Waals surface area contributed by atoms with E-state index in [9.17, 15) is 18.0 Å². The summed E-state index contributed by atoms with van der Waals surface area (Å²) in [5.41, 5.74) is 1.02. The first-order chi connectivity index (χ1) is 14.8. The summed E-state index contributed by atoms with van der Waals surface area (Å²) < 4.78 is 37.0. The molecule has 0 aliphatic carbocycles. The highest BCUT2D eigenvalue weighted by molar-refractivity contribution is 7.89. The van der Waals surface area contributed by atoms with E-state index in [4.69, 9.17) is 9.47 Å². The van der Waals surface area contributed by atoms with E-state index in [-0.39, 0.29) is 36.2 Å². The van der Waals surface area contributed by atoms with Crippen LogP contribution in [0.5, 0.6) is 11.5 Å². The van der Waals surface area contributed by atoms with E-state index in [0.717, 1.165) is 0 Å². The number of nitrogens with one attached hydrogen (secondary N) is 2. The van der Waals surface area contributed by atoms with Gasteiger partial charge in [0.15, 0.2) is 0 Å². The highest BCUT2D eigenvalue weighted by atomic mass is 32.2. The fourth-order valence-electron chi connectivity index (χ4n) is 3.36. The molecule has 3 rings (SSSR count). The Balaban J connectivity index is 1.70. The lowest BCUT2D eigenvalue weighted by molar-refractivity contribution is -0.122. The van der Waals surface area contributed by atoms with Crippen molar-refractivity contribution in [1.29, 1.82) is 0 Å². The number of hydrogen-bond acceptors (Lipinski definition) is 6. The summed E-state index contributed by atoms with van der Waals surface area (Å²) in [6.07, 6.45) is 0.0634. The van der Waals surface area contributed by atoms with E-state index in [1.165, 1.54) is 43.4 Å². The minimum absolute atomic E-state index is 0.0634. The molecule has 166 valence electrons. The molecule has 0 radical (unpaired) electrons. The Bertz CT molecular complexity index is 1070. The Morgan fingerprint density at radius 1 is 1.13 bits per heavy atom. The van der Waals surface area contributed by atoms with Crippen molar-refractivity contribution in [2.75, 3.05) is 37.5 Å². The third-order valence-electron chi connectivity index (χ3n) is 4.94. The van der Waals surface area contributed by atoms with E-state index in [0.29, 0.717) is 22.9 Å². The smallest absolute Gasteiger partial charge is 0.240 e. The fraction of sp³-hybridized carbons (Fsp3) is 0.333. The van der Waals surface area contributed by atoms with Crippen molar-refractivity contribution >= 4 is 33.2 Å². The number of hydrogen-bond donors (Lipinski definition) is 2. The van der Waals surface area contributed by atoms with Crippen molar-refractivity contribution in [2.24, 2.45) is 5.92 Å². The molecule has 0 spiro atoms. The third kappa shape index (κ3) is 4.97. The molecule has 2 N–H and O–H groups in total. The summed E-state index contributed by atoms with van der Waals surface area (Å²) in [5, 5.41) is 2.75. The predicted molar refractivity (Wildman–Crippen MR) is 116 cm³/mol. The monoisotopic (exact) mass is 447 g/mol. The summed E-state index contributed by atoms with van der Waals surface area (Å²) in [6, 6.07) is 11.0. The molecular weight excluding hydrogens is 422 g/mol. The van der Waals surface area contributed by atoms with Gasteiger partial charge in [-0.3, -0.25) is 9.59 Å². The summed E-state index contributed by atoms with van der Waals surface area (Å²) in [4.78, 5) is 26.9. The Morgan fingerprint density at radius 2 is 1.84 bits per heavy atom. The number of methoxy groups -OCH3 is 2. The van der Waals surface area contributed by atoms with Crippen LogP contribution < -0.4 is 24.4 Å². The van der Waals surface area contributed by atoms with E-state index in [1.54, 1.807) is 25.1 Å². The standard InChI is InChI=1S/C21H25N3O6S/c1-4-22-31(27,28)17-8-5-15(6-9-17)23-21(26)14-11-20(25)24(13-14)18-10-7-16(29-2)12-19(18)30-3/h5-10,12,14,22H,4,11,13H2,1-3H3,(H,23,26)/t14-/m1/s1.